The molecule has 0 radical (unpaired) electrons. The molecule has 1 aromatic heterocycles. The van der Waals surface area contributed by atoms with E-state index in [1.807, 2.05) is 36.6 Å². The Hall–Kier alpha value is -2.47. The minimum absolute atomic E-state index is 0.00172. The molecule has 1 heterocycles. The Kier molecular flexibility index (Phi) is 5.05. The quantitative estimate of drug-likeness (QED) is 0.636. The second-order valence-corrected chi connectivity index (χ2v) is 6.14. The predicted octanol–water partition coefficient (Wildman–Crippen LogP) is 4.89. The molecule has 0 spiro atoms. The third-order valence-electron chi connectivity index (χ3n) is 3.25. The third kappa shape index (κ3) is 4.29. The smallest absolute Gasteiger partial charge is 0.167 e. The maximum Gasteiger partial charge on any atom is 0.167 e. The number of hydrogen-bond acceptors (Lipinski definition) is 4. The fourth-order valence-corrected chi connectivity index (χ4v) is 2.69. The van der Waals surface area contributed by atoms with Gasteiger partial charge in [-0.3, -0.25) is 0 Å². The number of rotatable bonds is 6. The van der Waals surface area contributed by atoms with Crippen LogP contribution in [0.1, 0.15) is 16.3 Å². The van der Waals surface area contributed by atoms with Crippen molar-refractivity contribution in [1.29, 1.82) is 0 Å². The Morgan fingerprint density at radius 2 is 1.79 bits per heavy atom. The van der Waals surface area contributed by atoms with Gasteiger partial charge in [0.15, 0.2) is 11.6 Å². The summed E-state index contributed by atoms with van der Waals surface area (Å²) in [6.07, 6.45) is 0. The van der Waals surface area contributed by atoms with Crippen LogP contribution in [0.3, 0.4) is 0 Å². The monoisotopic (exact) mass is 347 g/mol. The van der Waals surface area contributed by atoms with Crippen LogP contribution in [-0.2, 0) is 13.2 Å². The van der Waals surface area contributed by atoms with Gasteiger partial charge in [-0.25, -0.2) is 13.8 Å². The summed E-state index contributed by atoms with van der Waals surface area (Å²) in [5.41, 5.74) is 1.84. The molecule has 0 atom stereocenters. The predicted molar refractivity (Wildman–Crippen MR) is 88.3 cm³/mol. The normalized spacial score (nSPS) is 10.6. The molecule has 6 heteroatoms. The van der Waals surface area contributed by atoms with Crippen LogP contribution in [0, 0.1) is 18.6 Å². The van der Waals surface area contributed by atoms with Crippen molar-refractivity contribution in [1.82, 2.24) is 4.98 Å². The van der Waals surface area contributed by atoms with Crippen LogP contribution in [0.15, 0.2) is 47.8 Å². The second-order valence-electron chi connectivity index (χ2n) is 5.20. The van der Waals surface area contributed by atoms with Gasteiger partial charge < -0.3 is 9.47 Å². The largest absolute Gasteiger partial charge is 0.486 e. The molecule has 0 aliphatic carbocycles. The maximum atomic E-state index is 13.5. The van der Waals surface area contributed by atoms with Gasteiger partial charge in [0.2, 0.25) is 0 Å². The second kappa shape index (κ2) is 7.40. The van der Waals surface area contributed by atoms with Gasteiger partial charge in [-0.1, -0.05) is 17.7 Å². The molecule has 0 saturated carbocycles. The third-order valence-corrected chi connectivity index (χ3v) is 4.12. The molecule has 3 aromatic rings. The number of aromatic nitrogens is 1. The molecule has 3 nitrogen and oxygen atoms in total. The number of nitrogens with zero attached hydrogens (tertiary/aromatic N) is 1. The highest BCUT2D eigenvalue weighted by atomic mass is 32.1. The van der Waals surface area contributed by atoms with E-state index in [2.05, 4.69) is 4.98 Å². The number of hydrogen-bond donors (Lipinski definition) is 0. The topological polar surface area (TPSA) is 31.4 Å². The first-order valence-electron chi connectivity index (χ1n) is 7.31. The van der Waals surface area contributed by atoms with Crippen molar-refractivity contribution in [2.24, 2.45) is 0 Å². The first-order chi connectivity index (χ1) is 11.6. The molecular formula is C18H15F2NO2S. The van der Waals surface area contributed by atoms with Crippen LogP contribution in [0.4, 0.5) is 8.78 Å². The first kappa shape index (κ1) is 16.4. The molecule has 0 saturated heterocycles. The summed E-state index contributed by atoms with van der Waals surface area (Å²) in [7, 11) is 0. The van der Waals surface area contributed by atoms with E-state index in [0.717, 1.165) is 22.9 Å². The molecule has 24 heavy (non-hydrogen) atoms. The number of halogens is 2. The summed E-state index contributed by atoms with van der Waals surface area (Å²) in [5.74, 6) is -0.582. The molecule has 0 aliphatic heterocycles. The average molecular weight is 347 g/mol. The molecule has 0 unspecified atom stereocenters. The van der Waals surface area contributed by atoms with E-state index in [1.165, 1.54) is 23.0 Å². The van der Waals surface area contributed by atoms with Gasteiger partial charge in [-0.15, -0.1) is 11.3 Å². The Balaban J connectivity index is 1.54. The van der Waals surface area contributed by atoms with Gasteiger partial charge in [-0.2, -0.15) is 0 Å². The van der Waals surface area contributed by atoms with Gasteiger partial charge in [0.1, 0.15) is 29.8 Å². The number of ether oxygens (including phenoxy) is 2. The van der Waals surface area contributed by atoms with Crippen molar-refractivity contribution in [2.45, 2.75) is 20.1 Å². The molecule has 0 N–H and O–H groups in total. The number of thiazole rings is 1. The van der Waals surface area contributed by atoms with E-state index >= 15 is 0 Å². The fraction of sp³-hybridized carbons (Fsp3) is 0.167. The fourth-order valence-electron chi connectivity index (χ4n) is 2.01. The van der Waals surface area contributed by atoms with Crippen molar-refractivity contribution in [3.63, 3.8) is 0 Å². The molecule has 0 fully saturated rings. The molecule has 0 aliphatic rings. The minimum Gasteiger partial charge on any atom is -0.486 e. The van der Waals surface area contributed by atoms with E-state index in [1.54, 1.807) is 0 Å². The summed E-state index contributed by atoms with van der Waals surface area (Å²) in [4.78, 5) is 4.38. The lowest BCUT2D eigenvalue weighted by atomic mass is 10.2. The SMILES string of the molecule is Cc1ccc(OCc2nc(COc3ccc(F)cc3F)cs2)cc1. The van der Waals surface area contributed by atoms with Gasteiger partial charge in [0, 0.05) is 11.4 Å². The Morgan fingerprint density at radius 3 is 2.54 bits per heavy atom. The Morgan fingerprint density at radius 1 is 1.00 bits per heavy atom. The Labute approximate surface area is 142 Å². The molecule has 0 amide bonds. The number of aryl methyl sites for hydroxylation is 1. The highest BCUT2D eigenvalue weighted by Crippen LogP contribution is 2.20. The van der Waals surface area contributed by atoms with Gasteiger partial charge in [0.05, 0.1) is 5.69 Å². The van der Waals surface area contributed by atoms with Crippen molar-refractivity contribution in [3.05, 3.63) is 75.7 Å². The van der Waals surface area contributed by atoms with Crippen LogP contribution >= 0.6 is 11.3 Å². The summed E-state index contributed by atoms with van der Waals surface area (Å²) in [5, 5.41) is 2.63. The zero-order valence-corrected chi connectivity index (χ0v) is 13.8. The highest BCUT2D eigenvalue weighted by molar-refractivity contribution is 7.09. The summed E-state index contributed by atoms with van der Waals surface area (Å²) >= 11 is 1.44. The first-order valence-corrected chi connectivity index (χ1v) is 8.19. The summed E-state index contributed by atoms with van der Waals surface area (Å²) < 4.78 is 37.3. The van der Waals surface area contributed by atoms with Crippen LogP contribution in [0.2, 0.25) is 0 Å². The van der Waals surface area contributed by atoms with E-state index in [-0.39, 0.29) is 12.4 Å². The minimum atomic E-state index is -0.729. The van der Waals surface area contributed by atoms with Gasteiger partial charge in [-0.05, 0) is 31.2 Å². The Bertz CT molecular complexity index is 818. The van der Waals surface area contributed by atoms with Gasteiger partial charge >= 0.3 is 0 Å². The van der Waals surface area contributed by atoms with E-state index in [4.69, 9.17) is 9.47 Å². The van der Waals surface area contributed by atoms with Crippen molar-refractivity contribution >= 4 is 11.3 Å². The molecule has 0 bridgehead atoms. The average Bonchev–Trinajstić information content (AvgIpc) is 3.01. The zero-order chi connectivity index (χ0) is 16.9. The lowest BCUT2D eigenvalue weighted by molar-refractivity contribution is 0.282. The van der Waals surface area contributed by atoms with Gasteiger partial charge in [0.25, 0.3) is 0 Å². The lowest BCUT2D eigenvalue weighted by Gasteiger charge is -2.05. The van der Waals surface area contributed by atoms with E-state index < -0.39 is 11.6 Å². The van der Waals surface area contributed by atoms with E-state index in [0.29, 0.717) is 12.3 Å². The lowest BCUT2D eigenvalue weighted by Crippen LogP contribution is -2.00. The van der Waals surface area contributed by atoms with Crippen LogP contribution in [0.5, 0.6) is 11.5 Å². The van der Waals surface area contributed by atoms with Crippen molar-refractivity contribution in [2.75, 3.05) is 0 Å². The van der Waals surface area contributed by atoms with Crippen LogP contribution in [-0.4, -0.2) is 4.98 Å². The maximum absolute atomic E-state index is 13.5. The standard InChI is InChI=1S/C18H15F2NO2S/c1-12-2-5-15(6-3-12)22-10-18-21-14(11-24-18)9-23-17-7-4-13(19)8-16(17)20/h2-8,11H,9-10H2,1H3. The molecule has 124 valence electrons. The molecule has 2 aromatic carbocycles. The van der Waals surface area contributed by atoms with Crippen molar-refractivity contribution < 1.29 is 18.3 Å². The van der Waals surface area contributed by atoms with Crippen molar-refractivity contribution in [3.8, 4) is 11.5 Å². The van der Waals surface area contributed by atoms with Crippen LogP contribution < -0.4 is 9.47 Å². The zero-order valence-electron chi connectivity index (χ0n) is 13.0. The molecule has 3 rings (SSSR count). The van der Waals surface area contributed by atoms with E-state index in [9.17, 15) is 8.78 Å². The summed E-state index contributed by atoms with van der Waals surface area (Å²) in [6, 6.07) is 11.0. The number of benzene rings is 2. The van der Waals surface area contributed by atoms with Crippen LogP contribution in [0.25, 0.3) is 0 Å². The highest BCUT2D eigenvalue weighted by Gasteiger charge is 2.08. The molecular weight excluding hydrogens is 332 g/mol. The summed E-state index contributed by atoms with van der Waals surface area (Å²) in [6.45, 7) is 2.49.